The second-order valence-electron chi connectivity index (χ2n) is 12.8. The largest absolute Gasteiger partial charge is 0.380 e. The number of nitrogens with zero attached hydrogens (tertiary/aromatic N) is 4. The van der Waals surface area contributed by atoms with E-state index < -0.39 is 12.1 Å². The lowest BCUT2D eigenvalue weighted by Gasteiger charge is -2.28. The number of aromatic nitrogens is 4. The van der Waals surface area contributed by atoms with Gasteiger partial charge in [-0.2, -0.15) is 0 Å². The van der Waals surface area contributed by atoms with Crippen LogP contribution in [-0.4, -0.2) is 93.2 Å². The topological polar surface area (TPSA) is 168 Å². The predicted molar refractivity (Wildman–Crippen MR) is 183 cm³/mol. The Bertz CT molecular complexity index is 1580. The van der Waals surface area contributed by atoms with E-state index in [2.05, 4.69) is 68.5 Å². The fraction of sp³-hybridized carbons (Fsp3) is 0.444. The van der Waals surface area contributed by atoms with Gasteiger partial charge < -0.3 is 40.7 Å². The van der Waals surface area contributed by atoms with Gasteiger partial charge in [0.2, 0.25) is 11.8 Å². The zero-order valence-corrected chi connectivity index (χ0v) is 28.1. The van der Waals surface area contributed by atoms with Crippen LogP contribution in [-0.2, 0) is 19.1 Å². The number of carbonyl (C=O) groups is 2. The molecule has 6 atom stereocenters. The normalized spacial score (nSPS) is 20.5. The Hall–Kier alpha value is -4.36. The van der Waals surface area contributed by atoms with Crippen LogP contribution >= 0.6 is 0 Å². The lowest BCUT2D eigenvalue weighted by molar-refractivity contribution is -0.137. The zero-order chi connectivity index (χ0) is 33.9. The lowest BCUT2D eigenvalue weighted by atomic mass is 10.0. The van der Waals surface area contributed by atoms with Gasteiger partial charge in [0.25, 0.3) is 0 Å². The Labute approximate surface area is 281 Å². The minimum Gasteiger partial charge on any atom is -0.380 e. The number of benzene rings is 2. The molecule has 1 unspecified atom stereocenters. The van der Waals surface area contributed by atoms with Crippen LogP contribution in [0.3, 0.4) is 0 Å². The maximum absolute atomic E-state index is 13.1. The first-order valence-corrected chi connectivity index (χ1v) is 16.7. The third kappa shape index (κ3) is 6.66. The highest BCUT2D eigenvalue weighted by Gasteiger charge is 2.37. The molecule has 2 aliphatic heterocycles. The number of hydrogen-bond acceptors (Lipinski definition) is 8. The average Bonchev–Trinajstić information content (AvgIpc) is 3.96. The minimum atomic E-state index is -0.709. The molecular formula is C36H46N8O4. The number of aromatic amines is 2. The third-order valence-electron chi connectivity index (χ3n) is 9.94. The summed E-state index contributed by atoms with van der Waals surface area (Å²) in [5, 5.41) is 0. The first-order valence-electron chi connectivity index (χ1n) is 16.7. The number of rotatable bonds is 11. The number of nitrogens with one attached hydrogen (secondary N) is 2. The van der Waals surface area contributed by atoms with Crippen molar-refractivity contribution in [2.75, 3.05) is 27.3 Å². The molecule has 4 aromatic rings. The highest BCUT2D eigenvalue weighted by Crippen LogP contribution is 2.34. The SMILES string of the molecule is CO[C@H](C)[C@H](N)C(=O)N1CCCC1c1ncc(-c2ccc(-c3ccc(-c4cnc([C@@H]5CCCN5C(=O)[C@@H](N)[C@@H](C)OC)[nH]4)cc3)cc2)[nH]1. The summed E-state index contributed by atoms with van der Waals surface area (Å²) in [6.07, 6.45) is 6.41. The summed E-state index contributed by atoms with van der Waals surface area (Å²) in [7, 11) is 3.13. The van der Waals surface area contributed by atoms with E-state index in [4.69, 9.17) is 20.9 Å². The molecule has 0 radical (unpaired) electrons. The van der Waals surface area contributed by atoms with Crippen molar-refractivity contribution in [2.45, 2.75) is 75.9 Å². The molecule has 6 rings (SSSR count). The standard InChI is InChI=1S/C36H46N8O4/c1-21(47-3)31(37)35(45)43-17-5-7-29(43)33-39-19-27(41-33)25-13-9-23(10-14-25)24-11-15-26(16-12-24)28-20-40-34(42-28)30-8-6-18-44(30)36(46)32(38)22(2)48-4/h9-16,19-22,29-32H,5-8,17-18,37-38H2,1-4H3,(H,39,41)(H,40,42)/t21-,22-,29+,30?,31+,32+/m1/s1. The Morgan fingerprint density at radius 1 is 0.688 bits per heavy atom. The number of amides is 2. The number of nitrogens with two attached hydrogens (primary N) is 2. The first kappa shape index (κ1) is 33.5. The van der Waals surface area contributed by atoms with Gasteiger partial charge in [0.05, 0.1) is 48.1 Å². The number of methoxy groups -OCH3 is 2. The van der Waals surface area contributed by atoms with E-state index in [1.807, 2.05) is 36.0 Å². The molecule has 12 heteroatoms. The van der Waals surface area contributed by atoms with E-state index in [0.29, 0.717) is 13.1 Å². The molecule has 2 fully saturated rings. The van der Waals surface area contributed by atoms with E-state index in [1.165, 1.54) is 0 Å². The molecule has 48 heavy (non-hydrogen) atoms. The Kier molecular flexibility index (Phi) is 10.1. The van der Waals surface area contributed by atoms with Gasteiger partial charge in [-0.25, -0.2) is 9.97 Å². The van der Waals surface area contributed by atoms with E-state index in [9.17, 15) is 9.59 Å². The zero-order valence-electron chi connectivity index (χ0n) is 28.1. The van der Waals surface area contributed by atoms with E-state index in [-0.39, 0.29) is 36.1 Å². The molecule has 12 nitrogen and oxygen atoms in total. The van der Waals surface area contributed by atoms with Crippen LogP contribution in [0.2, 0.25) is 0 Å². The monoisotopic (exact) mass is 654 g/mol. The maximum Gasteiger partial charge on any atom is 0.242 e. The van der Waals surface area contributed by atoms with Gasteiger partial charge in [0.15, 0.2) is 0 Å². The predicted octanol–water partition coefficient (Wildman–Crippen LogP) is 4.19. The van der Waals surface area contributed by atoms with Crippen LogP contribution < -0.4 is 11.5 Å². The summed E-state index contributed by atoms with van der Waals surface area (Å²) in [5.41, 5.74) is 18.3. The van der Waals surface area contributed by atoms with Crippen LogP contribution in [0, 0.1) is 0 Å². The molecule has 0 bridgehead atoms. The van der Waals surface area contributed by atoms with Gasteiger partial charge in [0, 0.05) is 27.3 Å². The fourth-order valence-electron chi connectivity index (χ4n) is 6.70. The van der Waals surface area contributed by atoms with Crippen molar-refractivity contribution in [1.29, 1.82) is 0 Å². The van der Waals surface area contributed by atoms with Crippen molar-refractivity contribution in [3.05, 3.63) is 72.6 Å². The number of likely N-dealkylation sites (tertiary alicyclic amines) is 2. The Balaban J connectivity index is 1.11. The molecule has 2 aromatic carbocycles. The molecule has 4 heterocycles. The fourth-order valence-corrected chi connectivity index (χ4v) is 6.70. The molecule has 2 aromatic heterocycles. The Morgan fingerprint density at radius 3 is 1.40 bits per heavy atom. The smallest absolute Gasteiger partial charge is 0.242 e. The summed E-state index contributed by atoms with van der Waals surface area (Å²) in [4.78, 5) is 46.0. The van der Waals surface area contributed by atoms with Crippen molar-refractivity contribution in [2.24, 2.45) is 11.5 Å². The van der Waals surface area contributed by atoms with Crippen LogP contribution in [0.4, 0.5) is 0 Å². The quantitative estimate of drug-likeness (QED) is 0.187. The van der Waals surface area contributed by atoms with Gasteiger partial charge in [-0.05, 0) is 61.8 Å². The van der Waals surface area contributed by atoms with E-state index >= 15 is 0 Å². The molecule has 0 spiro atoms. The molecule has 0 aliphatic carbocycles. The molecular weight excluding hydrogens is 608 g/mol. The highest BCUT2D eigenvalue weighted by atomic mass is 16.5. The first-order chi connectivity index (χ1) is 23.2. The number of H-pyrrole nitrogens is 2. The van der Waals surface area contributed by atoms with Crippen molar-refractivity contribution in [3.63, 3.8) is 0 Å². The van der Waals surface area contributed by atoms with Gasteiger partial charge in [0.1, 0.15) is 23.7 Å². The summed E-state index contributed by atoms with van der Waals surface area (Å²) in [6, 6.07) is 15.0. The van der Waals surface area contributed by atoms with Gasteiger partial charge >= 0.3 is 0 Å². The van der Waals surface area contributed by atoms with Crippen LogP contribution in [0.15, 0.2) is 60.9 Å². The highest BCUT2D eigenvalue weighted by molar-refractivity contribution is 5.83. The molecule has 0 saturated carbocycles. The molecule has 6 N–H and O–H groups in total. The molecule has 2 saturated heterocycles. The van der Waals surface area contributed by atoms with Crippen LogP contribution in [0.25, 0.3) is 33.6 Å². The summed E-state index contributed by atoms with van der Waals surface area (Å²) in [5.74, 6) is 1.31. The summed E-state index contributed by atoms with van der Waals surface area (Å²) < 4.78 is 10.6. The number of carbonyl (C=O) groups excluding carboxylic acids is 2. The van der Waals surface area contributed by atoms with Gasteiger partial charge in [-0.1, -0.05) is 48.5 Å². The van der Waals surface area contributed by atoms with Crippen molar-refractivity contribution in [3.8, 4) is 33.6 Å². The summed E-state index contributed by atoms with van der Waals surface area (Å²) in [6.45, 7) is 4.93. The Morgan fingerprint density at radius 2 is 1.04 bits per heavy atom. The number of hydrogen-bond donors (Lipinski definition) is 4. The van der Waals surface area contributed by atoms with E-state index in [0.717, 1.165) is 71.0 Å². The third-order valence-corrected chi connectivity index (χ3v) is 9.94. The van der Waals surface area contributed by atoms with E-state index in [1.54, 1.807) is 14.2 Å². The number of ether oxygens (including phenoxy) is 2. The minimum absolute atomic E-state index is 0.112. The van der Waals surface area contributed by atoms with Crippen molar-refractivity contribution >= 4 is 11.8 Å². The maximum atomic E-state index is 13.1. The van der Waals surface area contributed by atoms with Crippen LogP contribution in [0.1, 0.15) is 63.3 Å². The molecule has 2 amide bonds. The second-order valence-corrected chi connectivity index (χ2v) is 12.8. The summed E-state index contributed by atoms with van der Waals surface area (Å²) >= 11 is 0. The lowest BCUT2D eigenvalue weighted by Crippen LogP contribution is -2.49. The van der Waals surface area contributed by atoms with Crippen molar-refractivity contribution < 1.29 is 19.1 Å². The second kappa shape index (κ2) is 14.4. The van der Waals surface area contributed by atoms with Crippen molar-refractivity contribution in [1.82, 2.24) is 29.7 Å². The molecule has 254 valence electrons. The van der Waals surface area contributed by atoms with Gasteiger partial charge in [-0.3, -0.25) is 9.59 Å². The van der Waals surface area contributed by atoms with Crippen LogP contribution in [0.5, 0.6) is 0 Å². The number of imidazole rings is 2. The van der Waals surface area contributed by atoms with Gasteiger partial charge in [-0.15, -0.1) is 0 Å². The molecule has 2 aliphatic rings. The average molecular weight is 655 g/mol.